The molecule has 2 saturated carbocycles. The lowest BCUT2D eigenvalue weighted by molar-refractivity contribution is -0.123. The zero-order valence-corrected chi connectivity index (χ0v) is 17.1. The second-order valence-corrected chi connectivity index (χ2v) is 9.06. The van der Waals surface area contributed by atoms with Crippen molar-refractivity contribution in [3.05, 3.63) is 52.2 Å². The van der Waals surface area contributed by atoms with Gasteiger partial charge in [0.25, 0.3) is 5.91 Å². The van der Waals surface area contributed by atoms with E-state index < -0.39 is 5.82 Å². The minimum atomic E-state index is -0.403. The molecule has 0 spiro atoms. The summed E-state index contributed by atoms with van der Waals surface area (Å²) in [5.41, 5.74) is 0.352. The van der Waals surface area contributed by atoms with E-state index in [0.29, 0.717) is 23.9 Å². The molecule has 29 heavy (non-hydrogen) atoms. The Hall–Kier alpha value is -2.28. The third-order valence-corrected chi connectivity index (χ3v) is 6.82. The van der Waals surface area contributed by atoms with E-state index in [1.807, 2.05) is 5.38 Å². The Morgan fingerprint density at radius 1 is 1.17 bits per heavy atom. The summed E-state index contributed by atoms with van der Waals surface area (Å²) < 4.78 is 13.3. The lowest BCUT2D eigenvalue weighted by atomic mass is 9.78. The van der Waals surface area contributed by atoms with E-state index in [4.69, 9.17) is 0 Å². The Kier molecular flexibility index (Phi) is 6.23. The van der Waals surface area contributed by atoms with Crippen molar-refractivity contribution in [3.8, 4) is 0 Å². The van der Waals surface area contributed by atoms with Gasteiger partial charge in [0.1, 0.15) is 10.8 Å². The Bertz CT molecular complexity index is 846. The molecule has 1 atom stereocenters. The van der Waals surface area contributed by atoms with Crippen LogP contribution in [0.4, 0.5) is 4.39 Å². The second kappa shape index (κ2) is 9.03. The first-order chi connectivity index (χ1) is 14.1. The summed E-state index contributed by atoms with van der Waals surface area (Å²) in [4.78, 5) is 29.0. The summed E-state index contributed by atoms with van der Waals surface area (Å²) in [6.07, 6.45) is 7.77. The molecule has 2 aliphatic rings. The van der Waals surface area contributed by atoms with Crippen molar-refractivity contribution in [2.24, 2.45) is 17.8 Å². The quantitative estimate of drug-likeness (QED) is 0.716. The van der Waals surface area contributed by atoms with Gasteiger partial charge in [-0.3, -0.25) is 9.59 Å². The van der Waals surface area contributed by atoms with E-state index in [-0.39, 0.29) is 23.8 Å². The number of hydrogen-bond acceptors (Lipinski definition) is 4. The van der Waals surface area contributed by atoms with Gasteiger partial charge in [-0.05, 0) is 68.6 Å². The smallest absolute Gasteiger partial charge is 0.251 e. The molecule has 1 aromatic heterocycles. The molecule has 0 bridgehead atoms. The molecule has 0 aliphatic heterocycles. The highest BCUT2D eigenvalue weighted by atomic mass is 32.1. The predicted molar refractivity (Wildman–Crippen MR) is 110 cm³/mol. The molecular weight excluding hydrogens is 389 g/mol. The number of carbonyl (C=O) groups excluding carboxylic acids is 2. The van der Waals surface area contributed by atoms with Gasteiger partial charge in [-0.25, -0.2) is 9.37 Å². The molecule has 7 heteroatoms. The molecule has 0 radical (unpaired) electrons. The van der Waals surface area contributed by atoms with Gasteiger partial charge in [-0.2, -0.15) is 0 Å². The normalized spacial score (nSPS) is 22.7. The molecule has 1 aromatic carbocycles. The van der Waals surface area contributed by atoms with E-state index in [1.54, 1.807) is 29.7 Å². The van der Waals surface area contributed by atoms with Crippen LogP contribution in [0.2, 0.25) is 0 Å². The minimum Gasteiger partial charge on any atom is -0.352 e. The molecule has 2 fully saturated rings. The number of thiazole rings is 1. The van der Waals surface area contributed by atoms with E-state index in [2.05, 4.69) is 15.6 Å². The maximum absolute atomic E-state index is 13.3. The molecule has 0 unspecified atom stereocenters. The third-order valence-electron chi connectivity index (χ3n) is 5.96. The lowest BCUT2D eigenvalue weighted by Gasteiger charge is -2.33. The third kappa shape index (κ3) is 5.21. The van der Waals surface area contributed by atoms with Crippen LogP contribution in [0.3, 0.4) is 0 Å². The van der Waals surface area contributed by atoms with Gasteiger partial charge in [0.05, 0.1) is 6.04 Å². The number of nitrogens with one attached hydrogen (secondary N) is 2. The monoisotopic (exact) mass is 415 g/mol. The first-order valence-electron chi connectivity index (χ1n) is 10.3. The molecule has 2 amide bonds. The van der Waals surface area contributed by atoms with Crippen molar-refractivity contribution < 1.29 is 14.0 Å². The zero-order valence-electron chi connectivity index (χ0n) is 16.3. The average Bonchev–Trinajstić information content (AvgIpc) is 3.45. The molecular formula is C22H26FN3O2S. The van der Waals surface area contributed by atoms with E-state index in [1.165, 1.54) is 12.1 Å². The summed E-state index contributed by atoms with van der Waals surface area (Å²) in [5.74, 6) is 0.490. The number of amides is 2. The second-order valence-electron chi connectivity index (χ2n) is 8.13. The van der Waals surface area contributed by atoms with Crippen LogP contribution in [0.1, 0.15) is 59.9 Å². The highest BCUT2D eigenvalue weighted by Gasteiger charge is 2.35. The van der Waals surface area contributed by atoms with Crippen LogP contribution in [0.5, 0.6) is 0 Å². The van der Waals surface area contributed by atoms with Gasteiger partial charge < -0.3 is 10.6 Å². The first kappa shape index (κ1) is 20.0. The molecule has 2 N–H and O–H groups in total. The van der Waals surface area contributed by atoms with Crippen molar-refractivity contribution in [1.82, 2.24) is 15.6 Å². The Morgan fingerprint density at radius 2 is 1.97 bits per heavy atom. The number of benzene rings is 1. The largest absolute Gasteiger partial charge is 0.352 e. The highest BCUT2D eigenvalue weighted by molar-refractivity contribution is 7.09. The average molecular weight is 416 g/mol. The number of aromatic nitrogens is 1. The number of rotatable bonds is 7. The van der Waals surface area contributed by atoms with Crippen LogP contribution >= 0.6 is 11.3 Å². The Labute approximate surface area is 174 Å². The topological polar surface area (TPSA) is 71.1 Å². The van der Waals surface area contributed by atoms with E-state index >= 15 is 0 Å². The van der Waals surface area contributed by atoms with Gasteiger partial charge in [0.15, 0.2) is 0 Å². The SMILES string of the molecule is O=C(NCC1CCC([C@@H](NC(=O)C2CC2)c2nccs2)CC1)c1cccc(F)c1. The van der Waals surface area contributed by atoms with Crippen molar-refractivity contribution in [1.29, 1.82) is 0 Å². The molecule has 2 aliphatic carbocycles. The van der Waals surface area contributed by atoms with Crippen LogP contribution in [-0.4, -0.2) is 23.3 Å². The maximum Gasteiger partial charge on any atom is 0.251 e. The van der Waals surface area contributed by atoms with Gasteiger partial charge in [0, 0.05) is 29.6 Å². The lowest BCUT2D eigenvalue weighted by Crippen LogP contribution is -2.37. The van der Waals surface area contributed by atoms with Crippen LogP contribution < -0.4 is 10.6 Å². The molecule has 154 valence electrons. The van der Waals surface area contributed by atoms with Crippen LogP contribution in [0.25, 0.3) is 0 Å². The van der Waals surface area contributed by atoms with Crippen LogP contribution in [0, 0.1) is 23.6 Å². The fraction of sp³-hybridized carbons (Fsp3) is 0.500. The van der Waals surface area contributed by atoms with Crippen molar-refractivity contribution in [2.45, 2.75) is 44.6 Å². The molecule has 1 heterocycles. The number of carbonyl (C=O) groups is 2. The van der Waals surface area contributed by atoms with E-state index in [0.717, 1.165) is 43.5 Å². The zero-order chi connectivity index (χ0) is 20.2. The Balaban J connectivity index is 1.29. The van der Waals surface area contributed by atoms with Gasteiger partial charge in [-0.15, -0.1) is 11.3 Å². The van der Waals surface area contributed by atoms with Crippen molar-refractivity contribution >= 4 is 23.2 Å². The molecule has 4 rings (SSSR count). The first-order valence-corrected chi connectivity index (χ1v) is 11.2. The summed E-state index contributed by atoms with van der Waals surface area (Å²) in [6, 6.07) is 5.75. The number of hydrogen-bond donors (Lipinski definition) is 2. The fourth-order valence-electron chi connectivity index (χ4n) is 4.08. The van der Waals surface area contributed by atoms with Crippen LogP contribution in [-0.2, 0) is 4.79 Å². The number of nitrogens with zero attached hydrogens (tertiary/aromatic N) is 1. The fourth-order valence-corrected chi connectivity index (χ4v) is 4.86. The van der Waals surface area contributed by atoms with Gasteiger partial charge in [-0.1, -0.05) is 6.07 Å². The molecule has 0 saturated heterocycles. The Morgan fingerprint density at radius 3 is 2.62 bits per heavy atom. The minimum absolute atomic E-state index is 0.00839. The molecule has 2 aromatic rings. The standard InChI is InChI=1S/C22H26FN3O2S/c23-18-3-1-2-17(12-18)20(27)25-13-14-4-6-15(7-5-14)19(22-24-10-11-29-22)26-21(28)16-8-9-16/h1-3,10-12,14-16,19H,4-9,13H2,(H,25,27)(H,26,28)/t14?,15?,19-/m1/s1. The summed E-state index contributed by atoms with van der Waals surface area (Å²) in [7, 11) is 0. The summed E-state index contributed by atoms with van der Waals surface area (Å²) in [6.45, 7) is 0.596. The maximum atomic E-state index is 13.3. The van der Waals surface area contributed by atoms with Crippen molar-refractivity contribution in [3.63, 3.8) is 0 Å². The summed E-state index contributed by atoms with van der Waals surface area (Å²) >= 11 is 1.60. The molecule has 5 nitrogen and oxygen atoms in total. The predicted octanol–water partition coefficient (Wildman–Crippen LogP) is 4.09. The van der Waals surface area contributed by atoms with Gasteiger partial charge in [0.2, 0.25) is 5.91 Å². The number of halogens is 1. The van der Waals surface area contributed by atoms with E-state index in [9.17, 15) is 14.0 Å². The van der Waals surface area contributed by atoms with Crippen molar-refractivity contribution in [2.75, 3.05) is 6.54 Å². The van der Waals surface area contributed by atoms with Crippen LogP contribution in [0.15, 0.2) is 35.8 Å². The highest BCUT2D eigenvalue weighted by Crippen LogP contribution is 2.38. The van der Waals surface area contributed by atoms with Gasteiger partial charge >= 0.3 is 0 Å². The summed E-state index contributed by atoms with van der Waals surface area (Å²) in [5, 5.41) is 9.13.